The van der Waals surface area contributed by atoms with Crippen molar-refractivity contribution < 1.29 is 27.5 Å². The summed E-state index contributed by atoms with van der Waals surface area (Å²) in [5.74, 6) is -2.07. The molecule has 1 aliphatic rings. The summed E-state index contributed by atoms with van der Waals surface area (Å²) in [7, 11) is -0.951. The number of ether oxygens (including phenoxy) is 1. The average molecular weight is 466 g/mol. The molecule has 0 saturated carbocycles. The third-order valence-electron chi connectivity index (χ3n) is 4.85. The Morgan fingerprint density at radius 1 is 1.19 bits per heavy atom. The van der Waals surface area contributed by atoms with Crippen LogP contribution in [-0.4, -0.2) is 51.2 Å². The van der Waals surface area contributed by atoms with Crippen LogP contribution in [0.3, 0.4) is 0 Å². The molecule has 2 amide bonds. The fraction of sp³-hybridized carbons (Fsp3) is 0.350. The maximum atomic E-state index is 12.3. The molecule has 0 fully saturated rings. The highest BCUT2D eigenvalue weighted by atomic mass is 32.2. The van der Waals surface area contributed by atoms with E-state index >= 15 is 0 Å². The summed E-state index contributed by atoms with van der Waals surface area (Å²) in [4.78, 5) is 37.5. The summed E-state index contributed by atoms with van der Waals surface area (Å²) in [6.07, 6.45) is 3.54. The van der Waals surface area contributed by atoms with Gasteiger partial charge in [-0.2, -0.15) is 0 Å². The first-order valence-electron chi connectivity index (χ1n) is 9.55. The molecule has 0 spiro atoms. The summed E-state index contributed by atoms with van der Waals surface area (Å²) in [5, 5.41) is 2.97. The number of primary amides is 1. The molecule has 31 heavy (non-hydrogen) atoms. The largest absolute Gasteiger partial charge is 0.452 e. The van der Waals surface area contributed by atoms with E-state index in [1.54, 1.807) is 0 Å². The van der Waals surface area contributed by atoms with Crippen molar-refractivity contribution in [1.29, 1.82) is 0 Å². The van der Waals surface area contributed by atoms with Crippen LogP contribution in [0, 0.1) is 0 Å². The zero-order valence-corrected chi connectivity index (χ0v) is 18.8. The van der Waals surface area contributed by atoms with Crippen LogP contribution in [0.4, 0.5) is 5.00 Å². The van der Waals surface area contributed by atoms with Crippen molar-refractivity contribution >= 4 is 44.1 Å². The quantitative estimate of drug-likeness (QED) is 0.598. The number of fused-ring (bicyclic) bond motifs is 1. The zero-order chi connectivity index (χ0) is 22.8. The SMILES string of the molecule is CN(C)S(=O)(=O)c1cccc(C(=O)OCC(=O)Nc2sc3c(c2C(N)=O)CCCC3)c1. The van der Waals surface area contributed by atoms with Crippen molar-refractivity contribution in [2.75, 3.05) is 26.0 Å². The Kier molecular flexibility index (Phi) is 6.77. The number of anilines is 1. The molecule has 9 nitrogen and oxygen atoms in total. The Morgan fingerprint density at radius 2 is 1.90 bits per heavy atom. The first-order chi connectivity index (χ1) is 14.6. The molecule has 3 rings (SSSR count). The molecule has 1 aromatic heterocycles. The molecular formula is C20H23N3O6S2. The number of aryl methyl sites for hydroxylation is 1. The van der Waals surface area contributed by atoms with Gasteiger partial charge in [-0.15, -0.1) is 11.3 Å². The van der Waals surface area contributed by atoms with Gasteiger partial charge in [0.15, 0.2) is 6.61 Å². The Hall–Kier alpha value is -2.76. The van der Waals surface area contributed by atoms with Gasteiger partial charge in [0.25, 0.3) is 11.8 Å². The maximum Gasteiger partial charge on any atom is 0.338 e. The van der Waals surface area contributed by atoms with Crippen LogP contribution >= 0.6 is 11.3 Å². The molecule has 1 aromatic carbocycles. The molecule has 0 unspecified atom stereocenters. The highest BCUT2D eigenvalue weighted by molar-refractivity contribution is 7.89. The predicted molar refractivity (Wildman–Crippen MR) is 116 cm³/mol. The van der Waals surface area contributed by atoms with E-state index in [1.165, 1.54) is 49.7 Å². The van der Waals surface area contributed by atoms with Crippen LogP contribution in [0.2, 0.25) is 0 Å². The van der Waals surface area contributed by atoms with Crippen molar-refractivity contribution in [2.24, 2.45) is 5.73 Å². The lowest BCUT2D eigenvalue weighted by Crippen LogP contribution is -2.24. The Balaban J connectivity index is 1.68. The number of nitrogens with two attached hydrogens (primary N) is 1. The van der Waals surface area contributed by atoms with Gasteiger partial charge in [0.1, 0.15) is 5.00 Å². The minimum atomic E-state index is -3.72. The van der Waals surface area contributed by atoms with Crippen molar-refractivity contribution in [1.82, 2.24) is 4.31 Å². The predicted octanol–water partition coefficient (Wildman–Crippen LogP) is 1.77. The zero-order valence-electron chi connectivity index (χ0n) is 17.1. The van der Waals surface area contributed by atoms with E-state index in [-0.39, 0.29) is 10.5 Å². The Bertz CT molecular complexity index is 1140. The summed E-state index contributed by atoms with van der Waals surface area (Å²) >= 11 is 1.31. The van der Waals surface area contributed by atoms with Gasteiger partial charge in [-0.3, -0.25) is 9.59 Å². The molecule has 0 saturated heterocycles. The third kappa shape index (κ3) is 4.94. The lowest BCUT2D eigenvalue weighted by atomic mass is 9.95. The van der Waals surface area contributed by atoms with Crippen LogP contribution in [0.1, 0.15) is 44.0 Å². The fourth-order valence-corrected chi connectivity index (χ4v) is 5.54. The number of benzene rings is 1. The standard InChI is InChI=1S/C20H23N3O6S2/c1-23(2)31(27,28)13-7-5-6-12(10-13)20(26)29-11-16(24)22-19-17(18(21)25)14-8-3-4-9-15(14)30-19/h5-7,10H,3-4,8-9,11H2,1-2H3,(H2,21,25)(H,22,24). The normalized spacial score (nSPS) is 13.5. The number of esters is 1. The second-order valence-electron chi connectivity index (χ2n) is 7.22. The van der Waals surface area contributed by atoms with Gasteiger partial charge in [-0.25, -0.2) is 17.5 Å². The first-order valence-corrected chi connectivity index (χ1v) is 11.8. The average Bonchev–Trinajstić information content (AvgIpc) is 3.09. The first kappa shape index (κ1) is 22.9. The number of carbonyl (C=O) groups excluding carboxylic acids is 3. The van der Waals surface area contributed by atoms with Crippen LogP contribution in [0.15, 0.2) is 29.2 Å². The highest BCUT2D eigenvalue weighted by Gasteiger charge is 2.25. The molecule has 0 bridgehead atoms. The van der Waals surface area contributed by atoms with Gasteiger partial charge in [0, 0.05) is 19.0 Å². The molecule has 0 atom stereocenters. The number of sulfonamides is 1. The molecule has 166 valence electrons. The molecular weight excluding hydrogens is 442 g/mol. The Labute approximate surface area is 184 Å². The molecule has 1 heterocycles. The molecule has 1 aliphatic carbocycles. The number of nitrogens with zero attached hydrogens (tertiary/aromatic N) is 1. The summed E-state index contributed by atoms with van der Waals surface area (Å²) in [6.45, 7) is -0.593. The molecule has 0 aliphatic heterocycles. The smallest absolute Gasteiger partial charge is 0.338 e. The van der Waals surface area contributed by atoms with Crippen molar-refractivity contribution in [3.05, 3.63) is 45.8 Å². The third-order valence-corrected chi connectivity index (χ3v) is 7.87. The van der Waals surface area contributed by atoms with Crippen LogP contribution in [-0.2, 0) is 32.4 Å². The number of thiophene rings is 1. The Morgan fingerprint density at radius 3 is 2.58 bits per heavy atom. The van der Waals surface area contributed by atoms with E-state index in [2.05, 4.69) is 5.32 Å². The van der Waals surface area contributed by atoms with E-state index in [1.807, 2.05) is 0 Å². The summed E-state index contributed by atoms with van der Waals surface area (Å²) in [6, 6.07) is 5.37. The monoisotopic (exact) mass is 465 g/mol. The number of rotatable bonds is 7. The van der Waals surface area contributed by atoms with Gasteiger partial charge in [-0.1, -0.05) is 6.07 Å². The minimum Gasteiger partial charge on any atom is -0.452 e. The van der Waals surface area contributed by atoms with Gasteiger partial charge in [0.2, 0.25) is 10.0 Å². The van der Waals surface area contributed by atoms with E-state index in [9.17, 15) is 22.8 Å². The fourth-order valence-electron chi connectivity index (χ4n) is 3.29. The number of nitrogens with one attached hydrogen (secondary N) is 1. The van der Waals surface area contributed by atoms with Gasteiger partial charge >= 0.3 is 5.97 Å². The topological polar surface area (TPSA) is 136 Å². The minimum absolute atomic E-state index is 0.000128. The molecule has 2 aromatic rings. The van der Waals surface area contributed by atoms with Crippen LogP contribution < -0.4 is 11.1 Å². The number of carbonyl (C=O) groups is 3. The summed E-state index contributed by atoms with van der Waals surface area (Å²) in [5.41, 5.74) is 6.71. The van der Waals surface area contributed by atoms with Gasteiger partial charge in [-0.05, 0) is 49.4 Å². The molecule has 11 heteroatoms. The maximum absolute atomic E-state index is 12.3. The van der Waals surface area contributed by atoms with Crippen molar-refractivity contribution in [3.63, 3.8) is 0 Å². The summed E-state index contributed by atoms with van der Waals surface area (Å²) < 4.78 is 30.5. The molecule has 3 N–H and O–H groups in total. The second kappa shape index (κ2) is 9.16. The van der Waals surface area contributed by atoms with Crippen LogP contribution in [0.5, 0.6) is 0 Å². The number of hydrogen-bond donors (Lipinski definition) is 2. The van der Waals surface area contributed by atoms with Crippen molar-refractivity contribution in [3.8, 4) is 0 Å². The highest BCUT2D eigenvalue weighted by Crippen LogP contribution is 2.37. The molecule has 0 radical (unpaired) electrons. The second-order valence-corrected chi connectivity index (χ2v) is 10.5. The van der Waals surface area contributed by atoms with E-state index < -0.39 is 34.4 Å². The van der Waals surface area contributed by atoms with Gasteiger partial charge < -0.3 is 15.8 Å². The lowest BCUT2D eigenvalue weighted by Gasteiger charge is -2.12. The lowest BCUT2D eigenvalue weighted by molar-refractivity contribution is -0.119. The number of amides is 2. The number of hydrogen-bond acceptors (Lipinski definition) is 7. The van der Waals surface area contributed by atoms with E-state index in [0.29, 0.717) is 10.6 Å². The van der Waals surface area contributed by atoms with Crippen LogP contribution in [0.25, 0.3) is 0 Å². The van der Waals surface area contributed by atoms with Crippen molar-refractivity contribution in [2.45, 2.75) is 30.6 Å². The van der Waals surface area contributed by atoms with E-state index in [4.69, 9.17) is 10.5 Å². The van der Waals surface area contributed by atoms with E-state index in [0.717, 1.165) is 40.4 Å². The van der Waals surface area contributed by atoms with Gasteiger partial charge in [0.05, 0.1) is 16.0 Å².